The van der Waals surface area contributed by atoms with E-state index in [2.05, 4.69) is 15.4 Å². The van der Waals surface area contributed by atoms with E-state index in [1.54, 1.807) is 6.07 Å². The van der Waals surface area contributed by atoms with E-state index >= 15 is 4.39 Å². The molecule has 0 radical (unpaired) electrons. The smallest absolute Gasteiger partial charge is 0.255 e. The second-order valence-corrected chi connectivity index (χ2v) is 7.60. The van der Waals surface area contributed by atoms with Gasteiger partial charge in [-0.1, -0.05) is 23.7 Å². The molecule has 0 aliphatic carbocycles. The van der Waals surface area contributed by atoms with Crippen molar-refractivity contribution in [3.05, 3.63) is 82.5 Å². The number of alkyl halides is 1. The number of carbonyl (C=O) groups is 1. The zero-order chi connectivity index (χ0) is 23.7. The molecule has 0 aliphatic heterocycles. The van der Waals surface area contributed by atoms with Crippen LogP contribution < -0.4 is 11.1 Å². The summed E-state index contributed by atoms with van der Waals surface area (Å²) in [6, 6.07) is 10.5. The number of nitrogen functional groups attached to an aromatic ring is 1. The van der Waals surface area contributed by atoms with E-state index in [1.807, 2.05) is 0 Å². The van der Waals surface area contributed by atoms with Gasteiger partial charge in [0.05, 0.1) is 17.1 Å². The fourth-order valence-electron chi connectivity index (χ4n) is 3.31. The van der Waals surface area contributed by atoms with E-state index in [-0.39, 0.29) is 22.1 Å². The number of nitrogens with zero attached hydrogens (tertiary/aromatic N) is 3. The maximum absolute atomic E-state index is 15.3. The summed E-state index contributed by atoms with van der Waals surface area (Å²) in [5.41, 5.74) is 6.06. The average molecular weight is 476 g/mol. The number of hydrogen-bond donors (Lipinski definition) is 3. The Balaban J connectivity index is 1.54. The third kappa shape index (κ3) is 4.62. The first kappa shape index (κ1) is 22.6. The first-order chi connectivity index (χ1) is 15.7. The Morgan fingerprint density at radius 2 is 1.91 bits per heavy atom. The van der Waals surface area contributed by atoms with Gasteiger partial charge < -0.3 is 16.2 Å². The monoisotopic (exact) mass is 475 g/mol. The molecule has 0 bridgehead atoms. The van der Waals surface area contributed by atoms with Gasteiger partial charge in [0.15, 0.2) is 5.65 Å². The van der Waals surface area contributed by atoms with Crippen LogP contribution in [0, 0.1) is 11.6 Å². The zero-order valence-corrected chi connectivity index (χ0v) is 17.6. The Labute approximate surface area is 190 Å². The maximum Gasteiger partial charge on any atom is 0.255 e. The molecule has 2 aromatic heterocycles. The van der Waals surface area contributed by atoms with Gasteiger partial charge in [-0.15, -0.1) is 5.10 Å². The highest BCUT2D eigenvalue weighted by Gasteiger charge is 2.24. The molecule has 170 valence electrons. The molecule has 33 heavy (non-hydrogen) atoms. The van der Waals surface area contributed by atoms with Gasteiger partial charge in [0.1, 0.15) is 23.9 Å². The number of aromatic nitrogens is 3. The molecule has 2 atom stereocenters. The fraction of sp³-hybridized carbons (Fsp3) is 0.136. The Morgan fingerprint density at radius 3 is 2.64 bits per heavy atom. The summed E-state index contributed by atoms with van der Waals surface area (Å²) in [7, 11) is 0. The molecule has 0 aliphatic rings. The van der Waals surface area contributed by atoms with Crippen LogP contribution >= 0.6 is 11.6 Å². The molecule has 2 aromatic carbocycles. The van der Waals surface area contributed by atoms with Gasteiger partial charge in [0.25, 0.3) is 5.91 Å². The number of aliphatic hydroxyl groups excluding tert-OH is 1. The number of carbonyl (C=O) groups excluding carboxylic acids is 1. The van der Waals surface area contributed by atoms with Crippen molar-refractivity contribution in [2.75, 3.05) is 12.3 Å². The average Bonchev–Trinajstić information content (AvgIpc) is 3.16. The summed E-state index contributed by atoms with van der Waals surface area (Å²) in [6.45, 7) is -0.623. The minimum absolute atomic E-state index is 0.0485. The van der Waals surface area contributed by atoms with Crippen molar-refractivity contribution in [2.24, 2.45) is 0 Å². The molecule has 4 N–H and O–H groups in total. The molecule has 11 heteroatoms. The normalized spacial score (nSPS) is 13.1. The van der Waals surface area contributed by atoms with Gasteiger partial charge >= 0.3 is 0 Å². The van der Waals surface area contributed by atoms with Gasteiger partial charge in [-0.2, -0.15) is 4.98 Å². The zero-order valence-electron chi connectivity index (χ0n) is 16.8. The lowest BCUT2D eigenvalue weighted by Gasteiger charge is -2.17. The minimum Gasteiger partial charge on any atom is -0.385 e. The van der Waals surface area contributed by atoms with E-state index in [4.69, 9.17) is 17.3 Å². The lowest BCUT2D eigenvalue weighted by molar-refractivity contribution is 0.0714. The molecule has 0 spiro atoms. The van der Waals surface area contributed by atoms with E-state index in [1.165, 1.54) is 41.0 Å². The predicted octanol–water partition coefficient (Wildman–Crippen LogP) is 3.71. The highest BCUT2D eigenvalue weighted by Crippen LogP contribution is 2.30. The minimum atomic E-state index is -1.93. The quantitative estimate of drug-likeness (QED) is 0.394. The summed E-state index contributed by atoms with van der Waals surface area (Å²) in [5, 5.41) is 16.1. The van der Waals surface area contributed by atoms with Crippen LogP contribution in [0.4, 0.5) is 19.1 Å². The number of anilines is 1. The highest BCUT2D eigenvalue weighted by molar-refractivity contribution is 6.34. The standard InChI is InChI=1S/C22H17ClF3N5O2/c23-15-6-5-14(12-7-8-31-17(9-12)29-22(27)30-31)19(26)18(15)21(33)28-10-16(25)20(32)11-1-3-13(24)4-2-11/h1-9,16,20,32H,10H2,(H2,27,30)(H,28,33). The van der Waals surface area contributed by atoms with E-state index < -0.39 is 41.9 Å². The molecular weight excluding hydrogens is 459 g/mol. The van der Waals surface area contributed by atoms with Crippen LogP contribution in [0.2, 0.25) is 5.02 Å². The predicted molar refractivity (Wildman–Crippen MR) is 116 cm³/mol. The first-order valence-corrected chi connectivity index (χ1v) is 10.1. The molecule has 4 rings (SSSR count). The van der Waals surface area contributed by atoms with Crippen LogP contribution in [0.25, 0.3) is 16.8 Å². The van der Waals surface area contributed by atoms with Crippen LogP contribution in [0.1, 0.15) is 22.0 Å². The largest absolute Gasteiger partial charge is 0.385 e. The van der Waals surface area contributed by atoms with Gasteiger partial charge in [0.2, 0.25) is 5.95 Å². The molecule has 7 nitrogen and oxygen atoms in total. The number of halogens is 4. The molecule has 2 heterocycles. The third-order valence-electron chi connectivity index (χ3n) is 4.99. The number of amides is 1. The summed E-state index contributed by atoms with van der Waals surface area (Å²) in [4.78, 5) is 16.6. The molecule has 1 amide bonds. The Kier molecular flexibility index (Phi) is 6.21. The molecular formula is C22H17ClF3N5O2. The number of fused-ring (bicyclic) bond motifs is 1. The van der Waals surface area contributed by atoms with Crippen molar-refractivity contribution >= 4 is 29.1 Å². The molecule has 0 saturated heterocycles. The van der Waals surface area contributed by atoms with Crippen molar-refractivity contribution in [3.8, 4) is 11.1 Å². The van der Waals surface area contributed by atoms with Gasteiger partial charge in [0, 0.05) is 11.8 Å². The molecule has 0 saturated carbocycles. The van der Waals surface area contributed by atoms with Gasteiger partial charge in [-0.3, -0.25) is 4.79 Å². The third-order valence-corrected chi connectivity index (χ3v) is 5.31. The van der Waals surface area contributed by atoms with Crippen molar-refractivity contribution in [2.45, 2.75) is 12.3 Å². The first-order valence-electron chi connectivity index (χ1n) is 9.70. The number of benzene rings is 2. The lowest BCUT2D eigenvalue weighted by atomic mass is 10.0. The van der Waals surface area contributed by atoms with Crippen molar-refractivity contribution < 1.29 is 23.1 Å². The molecule has 0 fully saturated rings. The Bertz CT molecular complexity index is 1330. The number of aliphatic hydroxyl groups is 1. The fourth-order valence-corrected chi connectivity index (χ4v) is 3.54. The summed E-state index contributed by atoms with van der Waals surface area (Å²) >= 11 is 6.05. The van der Waals surface area contributed by atoms with Crippen LogP contribution in [-0.4, -0.2) is 38.3 Å². The second kappa shape index (κ2) is 9.08. The van der Waals surface area contributed by atoms with Crippen LogP contribution in [-0.2, 0) is 0 Å². The summed E-state index contributed by atoms with van der Waals surface area (Å²) in [5.74, 6) is -2.36. The lowest BCUT2D eigenvalue weighted by Crippen LogP contribution is -2.34. The SMILES string of the molecule is Nc1nc2cc(-c3ccc(Cl)c(C(=O)NCC(F)C(O)c4ccc(F)cc4)c3F)ccn2n1. The van der Waals surface area contributed by atoms with Crippen LogP contribution in [0.3, 0.4) is 0 Å². The number of hydrogen-bond acceptors (Lipinski definition) is 5. The topological polar surface area (TPSA) is 106 Å². The van der Waals surface area contributed by atoms with Crippen molar-refractivity contribution in [1.82, 2.24) is 19.9 Å². The van der Waals surface area contributed by atoms with Crippen molar-refractivity contribution in [3.63, 3.8) is 0 Å². The second-order valence-electron chi connectivity index (χ2n) is 7.19. The van der Waals surface area contributed by atoms with Gasteiger partial charge in [-0.05, 0) is 47.5 Å². The Morgan fingerprint density at radius 1 is 1.18 bits per heavy atom. The number of rotatable bonds is 6. The Hall–Kier alpha value is -3.63. The molecule has 2 unspecified atom stereocenters. The number of pyridine rings is 1. The molecule has 4 aromatic rings. The van der Waals surface area contributed by atoms with Crippen LogP contribution in [0.15, 0.2) is 54.7 Å². The number of nitrogens with one attached hydrogen (secondary N) is 1. The van der Waals surface area contributed by atoms with Gasteiger partial charge in [-0.25, -0.2) is 17.7 Å². The highest BCUT2D eigenvalue weighted by atomic mass is 35.5. The van der Waals surface area contributed by atoms with Crippen molar-refractivity contribution in [1.29, 1.82) is 0 Å². The summed E-state index contributed by atoms with van der Waals surface area (Å²) < 4.78 is 44.1. The van der Waals surface area contributed by atoms with E-state index in [0.717, 1.165) is 12.1 Å². The van der Waals surface area contributed by atoms with E-state index in [0.29, 0.717) is 11.2 Å². The van der Waals surface area contributed by atoms with Crippen LogP contribution in [0.5, 0.6) is 0 Å². The maximum atomic E-state index is 15.3. The number of nitrogens with two attached hydrogens (primary N) is 1. The van der Waals surface area contributed by atoms with E-state index in [9.17, 15) is 18.7 Å². The summed E-state index contributed by atoms with van der Waals surface area (Å²) in [6.07, 6.45) is -2.00.